The van der Waals surface area contributed by atoms with Gasteiger partial charge < -0.3 is 4.74 Å². The van der Waals surface area contributed by atoms with Crippen molar-refractivity contribution in [1.29, 1.82) is 0 Å². The van der Waals surface area contributed by atoms with Crippen molar-refractivity contribution < 1.29 is 13.2 Å². The van der Waals surface area contributed by atoms with Crippen LogP contribution in [0.3, 0.4) is 0 Å². The van der Waals surface area contributed by atoms with Gasteiger partial charge in [-0.25, -0.2) is 8.42 Å². The lowest BCUT2D eigenvalue weighted by Crippen LogP contribution is -2.08. The summed E-state index contributed by atoms with van der Waals surface area (Å²) in [4.78, 5) is 0. The second kappa shape index (κ2) is 5.37. The summed E-state index contributed by atoms with van der Waals surface area (Å²) in [5.74, 6) is 0.358. The van der Waals surface area contributed by atoms with Crippen molar-refractivity contribution in [1.82, 2.24) is 9.78 Å². The molecule has 0 atom stereocenters. The number of hydrogen-bond acceptors (Lipinski definition) is 4. The van der Waals surface area contributed by atoms with Crippen LogP contribution in [0.4, 0.5) is 0 Å². The van der Waals surface area contributed by atoms with E-state index in [-0.39, 0.29) is 12.4 Å². The molecule has 0 radical (unpaired) electrons. The fourth-order valence-electron chi connectivity index (χ4n) is 1.03. The predicted molar refractivity (Wildman–Crippen MR) is 57.7 cm³/mol. The summed E-state index contributed by atoms with van der Waals surface area (Å²) in [5, 5.41) is 4.03. The number of halogens is 1. The van der Waals surface area contributed by atoms with E-state index in [4.69, 9.17) is 15.4 Å². The largest absolute Gasteiger partial charge is 0.489 e. The molecule has 86 valence electrons. The maximum Gasteiger partial charge on any atom is 0.235 e. The fourth-order valence-corrected chi connectivity index (χ4v) is 1.50. The molecule has 5 nitrogen and oxygen atoms in total. The van der Waals surface area contributed by atoms with Crippen molar-refractivity contribution in [2.24, 2.45) is 0 Å². The molecule has 0 unspecified atom stereocenters. The number of rotatable bonds is 6. The number of nitrogens with zero attached hydrogens (tertiary/aromatic N) is 2. The van der Waals surface area contributed by atoms with Gasteiger partial charge in [-0.15, -0.1) is 0 Å². The number of aryl methyl sites for hydroxylation is 1. The van der Waals surface area contributed by atoms with Gasteiger partial charge in [0.15, 0.2) is 5.75 Å². The SMILES string of the molecule is CCCn1cc(OCCS(=O)(=O)Cl)cn1. The molecule has 1 aromatic rings. The highest BCUT2D eigenvalue weighted by molar-refractivity contribution is 8.13. The molecule has 7 heteroatoms. The standard InChI is InChI=1S/C8H13ClN2O3S/c1-2-3-11-7-8(6-10-11)14-4-5-15(9,12)13/h6-7H,2-5H2,1H3. The first-order valence-corrected chi connectivity index (χ1v) is 7.06. The van der Waals surface area contributed by atoms with Crippen LogP contribution in [-0.4, -0.2) is 30.6 Å². The summed E-state index contributed by atoms with van der Waals surface area (Å²) >= 11 is 0. The van der Waals surface area contributed by atoms with Gasteiger partial charge in [0.25, 0.3) is 0 Å². The Kier molecular flexibility index (Phi) is 4.41. The lowest BCUT2D eigenvalue weighted by molar-refractivity contribution is 0.341. The third kappa shape index (κ3) is 5.03. The Morgan fingerprint density at radius 3 is 2.93 bits per heavy atom. The molecule has 0 aromatic carbocycles. The van der Waals surface area contributed by atoms with E-state index in [2.05, 4.69) is 5.10 Å². The Balaban J connectivity index is 2.38. The third-order valence-corrected chi connectivity index (χ3v) is 2.78. The Morgan fingerprint density at radius 1 is 1.60 bits per heavy atom. The molecule has 0 saturated carbocycles. The van der Waals surface area contributed by atoms with E-state index >= 15 is 0 Å². The second-order valence-electron chi connectivity index (χ2n) is 3.03. The smallest absolute Gasteiger partial charge is 0.235 e. The van der Waals surface area contributed by atoms with Crippen LogP contribution in [0, 0.1) is 0 Å². The first kappa shape index (κ1) is 12.3. The van der Waals surface area contributed by atoms with Gasteiger partial charge in [0.05, 0.1) is 18.1 Å². The summed E-state index contributed by atoms with van der Waals surface area (Å²) in [6, 6.07) is 0. The minimum atomic E-state index is -3.48. The van der Waals surface area contributed by atoms with E-state index in [1.807, 2.05) is 6.92 Å². The summed E-state index contributed by atoms with van der Waals surface area (Å²) < 4.78 is 28.1. The topological polar surface area (TPSA) is 61.2 Å². The lowest BCUT2D eigenvalue weighted by atomic mass is 10.5. The normalized spacial score (nSPS) is 11.6. The van der Waals surface area contributed by atoms with Gasteiger partial charge in [0, 0.05) is 17.2 Å². The van der Waals surface area contributed by atoms with Gasteiger partial charge >= 0.3 is 0 Å². The molecule has 0 aliphatic carbocycles. The highest BCUT2D eigenvalue weighted by Gasteiger charge is 2.06. The van der Waals surface area contributed by atoms with E-state index in [1.165, 1.54) is 0 Å². The van der Waals surface area contributed by atoms with Crippen molar-refractivity contribution >= 4 is 19.7 Å². The predicted octanol–water partition coefficient (Wildman–Crippen LogP) is 1.24. The second-order valence-corrected chi connectivity index (χ2v) is 5.93. The van der Waals surface area contributed by atoms with Crippen LogP contribution in [0.25, 0.3) is 0 Å². The van der Waals surface area contributed by atoms with Crippen LogP contribution in [0.15, 0.2) is 12.4 Å². The van der Waals surface area contributed by atoms with Gasteiger partial charge in [-0.1, -0.05) is 6.92 Å². The Hall–Kier alpha value is -0.750. The Labute approximate surface area is 93.4 Å². The highest BCUT2D eigenvalue weighted by atomic mass is 35.7. The Morgan fingerprint density at radius 2 is 2.33 bits per heavy atom. The van der Waals surface area contributed by atoms with Crippen molar-refractivity contribution in [2.45, 2.75) is 19.9 Å². The first-order chi connectivity index (χ1) is 7.01. The van der Waals surface area contributed by atoms with Gasteiger partial charge in [0.1, 0.15) is 6.61 Å². The molecule has 1 aromatic heterocycles. The van der Waals surface area contributed by atoms with E-state index in [0.29, 0.717) is 5.75 Å². The molecule has 0 fully saturated rings. The summed E-state index contributed by atoms with van der Waals surface area (Å²) in [7, 11) is 1.55. The van der Waals surface area contributed by atoms with Crippen LogP contribution in [0.2, 0.25) is 0 Å². The summed E-state index contributed by atoms with van der Waals surface area (Å²) in [6.07, 6.45) is 4.26. The molecule has 0 spiro atoms. The maximum atomic E-state index is 10.6. The van der Waals surface area contributed by atoms with Gasteiger partial charge in [-0.05, 0) is 6.42 Å². The van der Waals surface area contributed by atoms with Crippen LogP contribution in [0.1, 0.15) is 13.3 Å². The van der Waals surface area contributed by atoms with Crippen molar-refractivity contribution in [3.8, 4) is 5.75 Å². The molecular weight excluding hydrogens is 240 g/mol. The quantitative estimate of drug-likeness (QED) is 0.715. The maximum absolute atomic E-state index is 10.6. The zero-order chi connectivity index (χ0) is 11.3. The number of ether oxygens (including phenoxy) is 1. The first-order valence-electron chi connectivity index (χ1n) is 4.59. The van der Waals surface area contributed by atoms with Crippen LogP contribution < -0.4 is 4.74 Å². The minimum absolute atomic E-state index is 0.0453. The minimum Gasteiger partial charge on any atom is -0.489 e. The summed E-state index contributed by atoms with van der Waals surface area (Å²) in [6.45, 7) is 2.91. The average molecular weight is 253 g/mol. The lowest BCUT2D eigenvalue weighted by Gasteiger charge is -2.00. The zero-order valence-corrected chi connectivity index (χ0v) is 9.96. The number of aromatic nitrogens is 2. The molecule has 0 saturated heterocycles. The Bertz CT molecular complexity index is 402. The third-order valence-electron chi connectivity index (χ3n) is 1.66. The molecule has 0 N–H and O–H groups in total. The van der Waals surface area contributed by atoms with Crippen molar-refractivity contribution in [2.75, 3.05) is 12.4 Å². The van der Waals surface area contributed by atoms with Crippen LogP contribution in [0.5, 0.6) is 5.75 Å². The summed E-state index contributed by atoms with van der Waals surface area (Å²) in [5.41, 5.74) is 0. The fraction of sp³-hybridized carbons (Fsp3) is 0.625. The van der Waals surface area contributed by atoms with E-state index in [1.54, 1.807) is 17.1 Å². The highest BCUT2D eigenvalue weighted by Crippen LogP contribution is 2.09. The van der Waals surface area contributed by atoms with Crippen LogP contribution >= 0.6 is 10.7 Å². The van der Waals surface area contributed by atoms with Crippen LogP contribution in [-0.2, 0) is 15.6 Å². The molecule has 0 aliphatic heterocycles. The molecule has 0 amide bonds. The molecule has 15 heavy (non-hydrogen) atoms. The van der Waals surface area contributed by atoms with E-state index in [9.17, 15) is 8.42 Å². The molecule has 1 heterocycles. The van der Waals surface area contributed by atoms with Crippen molar-refractivity contribution in [3.05, 3.63) is 12.4 Å². The number of hydrogen-bond donors (Lipinski definition) is 0. The molecule has 0 bridgehead atoms. The van der Waals surface area contributed by atoms with Gasteiger partial charge in [-0.2, -0.15) is 5.10 Å². The zero-order valence-electron chi connectivity index (χ0n) is 8.39. The average Bonchev–Trinajstić information content (AvgIpc) is 2.51. The monoisotopic (exact) mass is 252 g/mol. The molecule has 1 rings (SSSR count). The van der Waals surface area contributed by atoms with E-state index in [0.717, 1.165) is 13.0 Å². The van der Waals surface area contributed by atoms with Crippen molar-refractivity contribution in [3.63, 3.8) is 0 Å². The van der Waals surface area contributed by atoms with Gasteiger partial charge in [0.2, 0.25) is 9.05 Å². The molecular formula is C8H13ClN2O3S. The van der Waals surface area contributed by atoms with E-state index < -0.39 is 9.05 Å². The molecule has 0 aliphatic rings. The van der Waals surface area contributed by atoms with Gasteiger partial charge in [-0.3, -0.25) is 4.68 Å².